The van der Waals surface area contributed by atoms with Gasteiger partial charge in [0.25, 0.3) is 6.43 Å². The van der Waals surface area contributed by atoms with Gasteiger partial charge in [0, 0.05) is 5.56 Å². The summed E-state index contributed by atoms with van der Waals surface area (Å²) in [4.78, 5) is 12.6. The molecule has 0 aliphatic carbocycles. The molecule has 0 aliphatic rings. The molecule has 0 bridgehead atoms. The van der Waals surface area contributed by atoms with Crippen molar-refractivity contribution in [3.05, 3.63) is 83.9 Å². The fourth-order valence-electron chi connectivity index (χ4n) is 2.59. The predicted molar refractivity (Wildman–Crippen MR) is 83.5 cm³/mol. The van der Waals surface area contributed by atoms with E-state index in [1.54, 1.807) is 48.5 Å². The Morgan fingerprint density at radius 1 is 0.773 bits per heavy atom. The van der Waals surface area contributed by atoms with E-state index in [0.717, 1.165) is 10.8 Å². The molecule has 0 heterocycles. The fourth-order valence-corrected chi connectivity index (χ4v) is 2.59. The first-order chi connectivity index (χ1) is 10.7. The Kier molecular flexibility index (Phi) is 3.96. The molecule has 0 fully saturated rings. The minimum atomic E-state index is -2.73. The molecule has 22 heavy (non-hydrogen) atoms. The van der Waals surface area contributed by atoms with Gasteiger partial charge in [-0.2, -0.15) is 0 Å². The van der Waals surface area contributed by atoms with Crippen LogP contribution in [0.1, 0.15) is 21.8 Å². The van der Waals surface area contributed by atoms with Gasteiger partial charge in [-0.25, -0.2) is 8.78 Å². The number of carbonyl (C=O) groups is 1. The molecule has 0 amide bonds. The van der Waals surface area contributed by atoms with E-state index < -0.39 is 18.1 Å². The van der Waals surface area contributed by atoms with Crippen molar-refractivity contribution in [2.45, 2.75) is 12.3 Å². The first-order valence-corrected chi connectivity index (χ1v) is 7.03. The molecule has 1 atom stereocenters. The van der Waals surface area contributed by atoms with Crippen molar-refractivity contribution in [2.75, 3.05) is 0 Å². The maximum atomic E-state index is 13.4. The second kappa shape index (κ2) is 6.06. The summed E-state index contributed by atoms with van der Waals surface area (Å²) in [6.45, 7) is 0. The molecule has 1 nitrogen and oxygen atoms in total. The van der Waals surface area contributed by atoms with Crippen LogP contribution < -0.4 is 0 Å². The summed E-state index contributed by atoms with van der Waals surface area (Å²) in [5.41, 5.74) is 0.656. The number of rotatable bonds is 4. The van der Waals surface area contributed by atoms with Crippen molar-refractivity contribution in [1.82, 2.24) is 0 Å². The molecule has 3 aromatic carbocycles. The van der Waals surface area contributed by atoms with Crippen LogP contribution >= 0.6 is 0 Å². The molecular weight excluding hydrogens is 282 g/mol. The molecule has 0 spiro atoms. The highest BCUT2D eigenvalue weighted by Crippen LogP contribution is 2.28. The van der Waals surface area contributed by atoms with Crippen LogP contribution in [0.25, 0.3) is 10.8 Å². The molecule has 0 aliphatic heterocycles. The highest BCUT2D eigenvalue weighted by atomic mass is 19.3. The van der Waals surface area contributed by atoms with Crippen molar-refractivity contribution in [3.63, 3.8) is 0 Å². The lowest BCUT2D eigenvalue weighted by Gasteiger charge is -2.15. The SMILES string of the molecule is O=C(c1ccc2ccccc2c1)C(c1ccccc1)C(F)F. The molecular formula is C19H14F2O. The molecule has 0 aromatic heterocycles. The lowest BCUT2D eigenvalue weighted by molar-refractivity contribution is 0.0735. The number of Topliss-reactive ketones (excluding diaryl/α,β-unsaturated/α-hetero) is 1. The van der Waals surface area contributed by atoms with Gasteiger partial charge in [-0.05, 0) is 22.4 Å². The number of carbonyl (C=O) groups excluding carboxylic acids is 1. The van der Waals surface area contributed by atoms with E-state index in [1.165, 1.54) is 0 Å². The quantitative estimate of drug-likeness (QED) is 0.614. The van der Waals surface area contributed by atoms with E-state index in [1.807, 2.05) is 24.3 Å². The third-order valence-electron chi connectivity index (χ3n) is 3.73. The Morgan fingerprint density at radius 2 is 1.41 bits per heavy atom. The number of ketones is 1. The molecule has 3 aromatic rings. The lowest BCUT2D eigenvalue weighted by Crippen LogP contribution is -2.20. The standard InChI is InChI=1S/C19H14F2O/c20-19(21)17(14-7-2-1-3-8-14)18(22)16-11-10-13-6-4-5-9-15(13)12-16/h1-12,17,19H. The van der Waals surface area contributed by atoms with Crippen molar-refractivity contribution in [1.29, 1.82) is 0 Å². The summed E-state index contributed by atoms with van der Waals surface area (Å²) >= 11 is 0. The van der Waals surface area contributed by atoms with Crippen molar-refractivity contribution in [2.24, 2.45) is 0 Å². The number of fused-ring (bicyclic) bond motifs is 1. The molecule has 0 saturated heterocycles. The first kappa shape index (κ1) is 14.4. The largest absolute Gasteiger partial charge is 0.293 e. The summed E-state index contributed by atoms with van der Waals surface area (Å²) < 4.78 is 26.8. The molecule has 1 unspecified atom stereocenters. The van der Waals surface area contributed by atoms with Crippen LogP contribution in [-0.2, 0) is 0 Å². The van der Waals surface area contributed by atoms with Gasteiger partial charge >= 0.3 is 0 Å². The number of benzene rings is 3. The maximum absolute atomic E-state index is 13.4. The van der Waals surface area contributed by atoms with E-state index >= 15 is 0 Å². The normalized spacial score (nSPS) is 12.5. The summed E-state index contributed by atoms with van der Waals surface area (Å²) in [5.74, 6) is -1.98. The van der Waals surface area contributed by atoms with E-state index in [2.05, 4.69) is 0 Å². The summed E-state index contributed by atoms with van der Waals surface area (Å²) in [6, 6.07) is 20.8. The number of hydrogen-bond donors (Lipinski definition) is 0. The molecule has 3 heteroatoms. The second-order valence-corrected chi connectivity index (χ2v) is 5.15. The zero-order valence-corrected chi connectivity index (χ0v) is 11.7. The van der Waals surface area contributed by atoms with Gasteiger partial charge in [-0.1, -0.05) is 66.7 Å². The second-order valence-electron chi connectivity index (χ2n) is 5.15. The average Bonchev–Trinajstić information content (AvgIpc) is 2.55. The van der Waals surface area contributed by atoms with Crippen LogP contribution in [0.3, 0.4) is 0 Å². The van der Waals surface area contributed by atoms with Crippen LogP contribution in [0, 0.1) is 0 Å². The van der Waals surface area contributed by atoms with E-state index in [9.17, 15) is 13.6 Å². The summed E-state index contributed by atoms with van der Waals surface area (Å²) in [5, 5.41) is 1.85. The highest BCUT2D eigenvalue weighted by Gasteiger charge is 2.30. The third-order valence-corrected chi connectivity index (χ3v) is 3.73. The van der Waals surface area contributed by atoms with Crippen LogP contribution in [-0.4, -0.2) is 12.2 Å². The topological polar surface area (TPSA) is 17.1 Å². The van der Waals surface area contributed by atoms with Gasteiger partial charge in [0.05, 0.1) is 0 Å². The number of halogens is 2. The van der Waals surface area contributed by atoms with Gasteiger partial charge in [0.2, 0.25) is 0 Å². The predicted octanol–water partition coefficient (Wildman–Crippen LogP) is 5.07. The fraction of sp³-hybridized carbons (Fsp3) is 0.105. The van der Waals surface area contributed by atoms with E-state index in [0.29, 0.717) is 11.1 Å². The van der Waals surface area contributed by atoms with Gasteiger partial charge in [0.1, 0.15) is 5.92 Å². The first-order valence-electron chi connectivity index (χ1n) is 7.03. The van der Waals surface area contributed by atoms with E-state index in [4.69, 9.17) is 0 Å². The van der Waals surface area contributed by atoms with Gasteiger partial charge in [-0.3, -0.25) is 4.79 Å². The third kappa shape index (κ3) is 2.75. The smallest absolute Gasteiger partial charge is 0.252 e. The Hall–Kier alpha value is -2.55. The monoisotopic (exact) mass is 296 g/mol. The van der Waals surface area contributed by atoms with Gasteiger partial charge in [-0.15, -0.1) is 0 Å². The van der Waals surface area contributed by atoms with Gasteiger partial charge in [0.15, 0.2) is 5.78 Å². The molecule has 3 rings (SSSR count). The minimum absolute atomic E-state index is 0.313. The van der Waals surface area contributed by atoms with Crippen LogP contribution in [0.15, 0.2) is 72.8 Å². The van der Waals surface area contributed by atoms with E-state index in [-0.39, 0.29) is 0 Å². The molecule has 110 valence electrons. The Bertz CT molecular complexity index is 797. The van der Waals surface area contributed by atoms with Crippen LogP contribution in [0.5, 0.6) is 0 Å². The van der Waals surface area contributed by atoms with Crippen molar-refractivity contribution < 1.29 is 13.6 Å². The highest BCUT2D eigenvalue weighted by molar-refractivity contribution is 6.04. The van der Waals surface area contributed by atoms with Crippen molar-refractivity contribution >= 4 is 16.6 Å². The number of hydrogen-bond acceptors (Lipinski definition) is 1. The Morgan fingerprint density at radius 3 is 2.09 bits per heavy atom. The zero-order valence-electron chi connectivity index (χ0n) is 11.7. The van der Waals surface area contributed by atoms with Crippen molar-refractivity contribution in [3.8, 4) is 0 Å². The Labute approximate surface area is 127 Å². The average molecular weight is 296 g/mol. The Balaban J connectivity index is 2.02. The van der Waals surface area contributed by atoms with Gasteiger partial charge < -0.3 is 0 Å². The molecule has 0 saturated carbocycles. The maximum Gasteiger partial charge on any atom is 0.252 e. The minimum Gasteiger partial charge on any atom is -0.293 e. The molecule has 0 N–H and O–H groups in total. The number of alkyl halides is 2. The molecule has 0 radical (unpaired) electrons. The lowest BCUT2D eigenvalue weighted by atomic mass is 9.90. The summed E-state index contributed by atoms with van der Waals surface area (Å²) in [7, 11) is 0. The summed E-state index contributed by atoms with van der Waals surface area (Å²) in [6.07, 6.45) is -2.73. The van der Waals surface area contributed by atoms with Crippen LogP contribution in [0.4, 0.5) is 8.78 Å². The van der Waals surface area contributed by atoms with Crippen LogP contribution in [0.2, 0.25) is 0 Å². The zero-order chi connectivity index (χ0) is 15.5.